The van der Waals surface area contributed by atoms with Gasteiger partial charge in [-0.05, 0) is 56.2 Å². The van der Waals surface area contributed by atoms with E-state index >= 15 is 0 Å². The van der Waals surface area contributed by atoms with Crippen molar-refractivity contribution < 1.29 is 4.39 Å². The van der Waals surface area contributed by atoms with E-state index in [4.69, 9.17) is 5.10 Å². The lowest BCUT2D eigenvalue weighted by molar-refractivity contribution is 0.432. The molecule has 22 heavy (non-hydrogen) atoms. The van der Waals surface area contributed by atoms with Crippen LogP contribution in [-0.4, -0.2) is 9.78 Å². The third-order valence-electron chi connectivity index (χ3n) is 5.28. The van der Waals surface area contributed by atoms with Gasteiger partial charge in [0.25, 0.3) is 0 Å². The van der Waals surface area contributed by atoms with E-state index < -0.39 is 0 Å². The van der Waals surface area contributed by atoms with Crippen molar-refractivity contribution in [1.82, 2.24) is 9.78 Å². The average Bonchev–Trinajstić information content (AvgIpc) is 2.96. The number of para-hydroxylation sites is 1. The maximum absolute atomic E-state index is 14.2. The van der Waals surface area contributed by atoms with E-state index in [-0.39, 0.29) is 5.82 Å². The van der Waals surface area contributed by atoms with Gasteiger partial charge in [0, 0.05) is 11.6 Å². The van der Waals surface area contributed by atoms with Gasteiger partial charge in [0.2, 0.25) is 0 Å². The standard InChI is InChI=1S/C19H23FN2/c20-16-11-5-7-13-18(16)22-17-12-6-4-10-15(17)19(21-22)14-8-2-1-3-9-14/h5,7,11,13-14H,1-4,6,8-10,12H2. The monoisotopic (exact) mass is 298 g/mol. The number of fused-ring (bicyclic) bond motifs is 1. The van der Waals surface area contributed by atoms with Crippen LogP contribution in [0.2, 0.25) is 0 Å². The van der Waals surface area contributed by atoms with Crippen LogP contribution in [-0.2, 0) is 12.8 Å². The zero-order valence-electron chi connectivity index (χ0n) is 13.0. The van der Waals surface area contributed by atoms with Crippen LogP contribution in [0, 0.1) is 5.82 Å². The SMILES string of the molecule is Fc1ccccc1-n1nc(C2CCCCC2)c2c1CCCC2. The van der Waals surface area contributed by atoms with Crippen LogP contribution in [0.3, 0.4) is 0 Å². The fraction of sp³-hybridized carbons (Fsp3) is 0.526. The van der Waals surface area contributed by atoms with Gasteiger partial charge < -0.3 is 0 Å². The number of hydrogen-bond donors (Lipinski definition) is 0. The molecule has 0 unspecified atom stereocenters. The summed E-state index contributed by atoms with van der Waals surface area (Å²) >= 11 is 0. The quantitative estimate of drug-likeness (QED) is 0.768. The summed E-state index contributed by atoms with van der Waals surface area (Å²) < 4.78 is 16.1. The number of halogens is 1. The lowest BCUT2D eigenvalue weighted by Gasteiger charge is -2.22. The molecule has 3 heteroatoms. The molecule has 0 aliphatic heterocycles. The molecule has 0 spiro atoms. The molecular formula is C19H23FN2. The van der Waals surface area contributed by atoms with Crippen LogP contribution in [0.15, 0.2) is 24.3 Å². The van der Waals surface area contributed by atoms with Crippen LogP contribution >= 0.6 is 0 Å². The summed E-state index contributed by atoms with van der Waals surface area (Å²) in [6.07, 6.45) is 11.1. The molecule has 0 N–H and O–H groups in total. The third-order valence-corrected chi connectivity index (χ3v) is 5.28. The summed E-state index contributed by atoms with van der Waals surface area (Å²) in [5.74, 6) is 0.419. The van der Waals surface area contributed by atoms with Gasteiger partial charge in [0.1, 0.15) is 11.5 Å². The minimum Gasteiger partial charge on any atom is -0.234 e. The van der Waals surface area contributed by atoms with E-state index in [1.165, 1.54) is 68.0 Å². The summed E-state index contributed by atoms with van der Waals surface area (Å²) in [4.78, 5) is 0. The summed E-state index contributed by atoms with van der Waals surface area (Å²) in [7, 11) is 0. The van der Waals surface area contributed by atoms with E-state index in [0.717, 1.165) is 12.8 Å². The van der Waals surface area contributed by atoms with Crippen LogP contribution in [0.1, 0.15) is 67.8 Å². The smallest absolute Gasteiger partial charge is 0.148 e. The lowest BCUT2D eigenvalue weighted by atomic mass is 9.83. The maximum atomic E-state index is 14.2. The highest BCUT2D eigenvalue weighted by Crippen LogP contribution is 2.38. The molecule has 116 valence electrons. The number of hydrogen-bond acceptors (Lipinski definition) is 1. The van der Waals surface area contributed by atoms with Crippen LogP contribution in [0.25, 0.3) is 5.69 Å². The molecule has 4 rings (SSSR count). The van der Waals surface area contributed by atoms with Gasteiger partial charge in [0.05, 0.1) is 5.69 Å². The second kappa shape index (κ2) is 5.86. The summed E-state index contributed by atoms with van der Waals surface area (Å²) in [6.45, 7) is 0. The van der Waals surface area contributed by atoms with Crippen LogP contribution in [0.5, 0.6) is 0 Å². The first-order chi connectivity index (χ1) is 10.8. The first-order valence-electron chi connectivity index (χ1n) is 8.70. The van der Waals surface area contributed by atoms with Crippen molar-refractivity contribution in [2.24, 2.45) is 0 Å². The van der Waals surface area contributed by atoms with Crippen molar-refractivity contribution in [3.8, 4) is 5.69 Å². The van der Waals surface area contributed by atoms with E-state index in [1.807, 2.05) is 16.8 Å². The van der Waals surface area contributed by atoms with Crippen LogP contribution in [0.4, 0.5) is 4.39 Å². The largest absolute Gasteiger partial charge is 0.234 e. The Bertz CT molecular complexity index is 668. The molecule has 0 amide bonds. The number of benzene rings is 1. The van der Waals surface area contributed by atoms with Crippen molar-refractivity contribution in [2.75, 3.05) is 0 Å². The Balaban J connectivity index is 1.82. The predicted octanol–water partition coefficient (Wildman–Crippen LogP) is 4.94. The highest BCUT2D eigenvalue weighted by molar-refractivity contribution is 5.41. The van der Waals surface area contributed by atoms with Crippen molar-refractivity contribution in [3.63, 3.8) is 0 Å². The third kappa shape index (κ3) is 2.37. The van der Waals surface area contributed by atoms with Gasteiger partial charge in [-0.3, -0.25) is 0 Å². The minimum atomic E-state index is -0.173. The van der Waals surface area contributed by atoms with E-state index in [9.17, 15) is 4.39 Å². The molecule has 2 nitrogen and oxygen atoms in total. The van der Waals surface area contributed by atoms with E-state index in [1.54, 1.807) is 6.07 Å². The highest BCUT2D eigenvalue weighted by atomic mass is 19.1. The Hall–Kier alpha value is -1.64. The molecule has 0 saturated heterocycles. The van der Waals surface area contributed by atoms with Crippen molar-refractivity contribution in [2.45, 2.75) is 63.7 Å². The summed E-state index contributed by atoms with van der Waals surface area (Å²) in [6, 6.07) is 7.03. The molecule has 2 aromatic rings. The van der Waals surface area contributed by atoms with Gasteiger partial charge in [-0.1, -0.05) is 31.4 Å². The van der Waals surface area contributed by atoms with Gasteiger partial charge in [-0.15, -0.1) is 0 Å². The van der Waals surface area contributed by atoms with Gasteiger partial charge >= 0.3 is 0 Å². The Morgan fingerprint density at radius 2 is 1.73 bits per heavy atom. The predicted molar refractivity (Wildman–Crippen MR) is 86.0 cm³/mol. The van der Waals surface area contributed by atoms with Crippen LogP contribution < -0.4 is 0 Å². The lowest BCUT2D eigenvalue weighted by Crippen LogP contribution is -2.09. The number of aromatic nitrogens is 2. The molecule has 1 heterocycles. The zero-order chi connectivity index (χ0) is 14.9. The Morgan fingerprint density at radius 1 is 0.955 bits per heavy atom. The van der Waals surface area contributed by atoms with Gasteiger partial charge in [-0.2, -0.15) is 5.10 Å². The molecule has 1 saturated carbocycles. The normalized spacial score (nSPS) is 19.1. The zero-order valence-corrected chi connectivity index (χ0v) is 13.0. The molecule has 1 aromatic heterocycles. The molecule has 1 fully saturated rings. The Morgan fingerprint density at radius 3 is 2.55 bits per heavy atom. The molecule has 0 bridgehead atoms. The second-order valence-electron chi connectivity index (χ2n) is 6.72. The van der Waals surface area contributed by atoms with Crippen molar-refractivity contribution in [3.05, 3.63) is 47.0 Å². The Labute approximate surface area is 131 Å². The minimum absolute atomic E-state index is 0.173. The average molecular weight is 298 g/mol. The van der Waals surface area contributed by atoms with Gasteiger partial charge in [-0.25, -0.2) is 9.07 Å². The highest BCUT2D eigenvalue weighted by Gasteiger charge is 2.28. The van der Waals surface area contributed by atoms with Gasteiger partial charge in [0.15, 0.2) is 0 Å². The summed E-state index contributed by atoms with van der Waals surface area (Å²) in [5.41, 5.74) is 4.58. The van der Waals surface area contributed by atoms with Crippen molar-refractivity contribution in [1.29, 1.82) is 0 Å². The fourth-order valence-electron chi connectivity index (χ4n) is 4.15. The number of nitrogens with zero attached hydrogens (tertiary/aromatic N) is 2. The molecule has 0 atom stereocenters. The van der Waals surface area contributed by atoms with E-state index in [2.05, 4.69) is 0 Å². The second-order valence-corrected chi connectivity index (χ2v) is 6.72. The topological polar surface area (TPSA) is 17.8 Å². The summed E-state index contributed by atoms with van der Waals surface area (Å²) in [5, 5.41) is 4.92. The van der Waals surface area contributed by atoms with Crippen molar-refractivity contribution >= 4 is 0 Å². The molecule has 2 aliphatic carbocycles. The van der Waals surface area contributed by atoms with E-state index in [0.29, 0.717) is 11.6 Å². The first-order valence-corrected chi connectivity index (χ1v) is 8.70. The molecule has 2 aliphatic rings. The Kier molecular flexibility index (Phi) is 3.73. The molecular weight excluding hydrogens is 275 g/mol. The molecule has 1 aromatic carbocycles. The number of rotatable bonds is 2. The first kappa shape index (κ1) is 14.0. The molecule has 0 radical (unpaired) electrons. The fourth-order valence-corrected chi connectivity index (χ4v) is 4.15. The maximum Gasteiger partial charge on any atom is 0.148 e.